The number of pyridine rings is 13. The van der Waals surface area contributed by atoms with Gasteiger partial charge in [-0.25, -0.2) is 19.9 Å². The maximum absolute atomic E-state index is 4.14. The zero-order chi connectivity index (χ0) is 61.3. The molecule has 19 heteroatoms. The molecule has 0 aliphatic rings. The quantitative estimate of drug-likeness (QED) is 0.137. The molecule has 432 valence electrons. The molecule has 0 spiro atoms. The molecule has 0 atom stereocenters. The van der Waals surface area contributed by atoms with E-state index in [1.54, 1.807) is 118 Å². The fourth-order valence-electron chi connectivity index (χ4n) is 8.15. The van der Waals surface area contributed by atoms with E-state index in [1.165, 1.54) is 11.7 Å². The minimum Gasteiger partial charge on any atom is -0.264 e. The highest BCUT2D eigenvalue weighted by molar-refractivity contribution is 5.82. The average Bonchev–Trinajstić information content (AvgIpc) is 3.79. The summed E-state index contributed by atoms with van der Waals surface area (Å²) in [6.07, 6.45) is 43.9. The summed E-state index contributed by atoms with van der Waals surface area (Å²) >= 11 is 0. The van der Waals surface area contributed by atoms with Gasteiger partial charge >= 0.3 is 0 Å². The van der Waals surface area contributed by atoms with Crippen LogP contribution in [0.5, 0.6) is 0 Å². The second-order valence-electron chi connectivity index (χ2n) is 18.5. The van der Waals surface area contributed by atoms with Gasteiger partial charge in [0.15, 0.2) is 5.65 Å². The Bertz CT molecular complexity index is 3520. The molecule has 0 saturated carbocycles. The molecule has 18 aromatic rings. The molecule has 90 heavy (non-hydrogen) atoms. The first-order valence-corrected chi connectivity index (χ1v) is 27.9. The van der Waals surface area contributed by atoms with Crippen LogP contribution >= 0.6 is 0 Å². The molecule has 0 fully saturated rings. The molecule has 16 heterocycles. The maximum atomic E-state index is 4.14. The molecule has 18 rings (SSSR count). The van der Waals surface area contributed by atoms with Gasteiger partial charge < -0.3 is 0 Å². The van der Waals surface area contributed by atoms with E-state index in [-0.39, 0.29) is 0 Å². The Labute approximate surface area is 515 Å². The van der Waals surface area contributed by atoms with Crippen molar-refractivity contribution >= 4 is 98.3 Å². The number of fused-ring (bicyclic) bond motifs is 9. The van der Waals surface area contributed by atoms with Crippen LogP contribution in [-0.4, -0.2) is 94.9 Å². The van der Waals surface area contributed by atoms with Crippen molar-refractivity contribution in [2.75, 3.05) is 0 Å². The molecule has 0 bridgehead atoms. The Kier molecular flexibility index (Phi) is 22.3. The summed E-state index contributed by atoms with van der Waals surface area (Å²) in [5.74, 6) is 0. The monoisotopic (exact) mass is 1170 g/mol. The highest BCUT2D eigenvalue weighted by Gasteiger charge is 1.95. The predicted molar refractivity (Wildman–Crippen MR) is 354 cm³/mol. The highest BCUT2D eigenvalue weighted by Crippen LogP contribution is 2.13. The van der Waals surface area contributed by atoms with Crippen LogP contribution in [0.15, 0.2) is 325 Å². The molecule has 0 saturated heterocycles. The van der Waals surface area contributed by atoms with Gasteiger partial charge in [0, 0.05) is 167 Å². The van der Waals surface area contributed by atoms with E-state index in [2.05, 4.69) is 94.9 Å². The number of nitrogens with zero attached hydrogens (tertiary/aromatic N) is 19. The summed E-state index contributed by atoms with van der Waals surface area (Å²) in [5, 5.41) is 17.7. The summed E-state index contributed by atoms with van der Waals surface area (Å²) < 4.78 is 0. The van der Waals surface area contributed by atoms with Gasteiger partial charge in [-0.3, -0.25) is 64.8 Å². The molecule has 0 unspecified atom stereocenters. The van der Waals surface area contributed by atoms with Crippen molar-refractivity contribution in [3.63, 3.8) is 0 Å². The Hall–Kier alpha value is -13.0. The molecule has 0 aliphatic carbocycles. The second-order valence-corrected chi connectivity index (χ2v) is 18.5. The van der Waals surface area contributed by atoms with Gasteiger partial charge in [-0.05, 0) is 133 Å². The second kappa shape index (κ2) is 33.5. The van der Waals surface area contributed by atoms with Crippen molar-refractivity contribution in [1.82, 2.24) is 94.9 Å². The summed E-state index contributed by atoms with van der Waals surface area (Å²) in [7, 11) is 0. The largest absolute Gasteiger partial charge is 0.264 e. The third kappa shape index (κ3) is 18.5. The smallest absolute Gasteiger partial charge is 0.159 e. The van der Waals surface area contributed by atoms with Gasteiger partial charge in [-0.15, -0.1) is 0 Å². The lowest BCUT2D eigenvalue weighted by Gasteiger charge is -1.91. The fraction of sp³-hybridized carbons (Fsp3) is 0. The van der Waals surface area contributed by atoms with Crippen LogP contribution in [0.1, 0.15) is 0 Å². The normalized spacial score (nSPS) is 10.0. The Morgan fingerprint density at radius 3 is 0.989 bits per heavy atom. The van der Waals surface area contributed by atoms with E-state index < -0.39 is 0 Å². The molecule has 0 amide bonds. The van der Waals surface area contributed by atoms with Crippen LogP contribution in [0, 0.1) is 0 Å². The molecule has 0 N–H and O–H groups in total. The number of para-hydroxylation sites is 2. The third-order valence-electron chi connectivity index (χ3n) is 12.5. The standard InChI is InChI=1S/8C8H6N2.C7H5N3/c1-3-9-6-8-2-4-10-5-7(1)8;1-3-9-5-8-6-10-4-2-7(1)8;1-3-7-8(9-5-1)4-2-6-10-7;1-3-7-4-2-6-10-8(7)9-5-1;1-2-7-6-9-5-3-8(7)10-4-1;1-2-7-3-5-9-6-8(7)10-4-1;1-2-4-8-6-10-9-5-7(8)3-1;1-2-4-8-7(3-1)9-5-6-10-8;1-2-6-7(9-3-1)4-8-5-10-6/h8*1-6H;1-5H. The first kappa shape index (κ1) is 60.1. The summed E-state index contributed by atoms with van der Waals surface area (Å²) in [6.45, 7) is 0. The lowest BCUT2D eigenvalue weighted by molar-refractivity contribution is 1.05. The van der Waals surface area contributed by atoms with Crippen molar-refractivity contribution in [3.8, 4) is 0 Å². The van der Waals surface area contributed by atoms with E-state index in [1.807, 2.05) is 201 Å². The van der Waals surface area contributed by atoms with Crippen LogP contribution in [-0.2, 0) is 0 Å². The molecule has 16 aromatic heterocycles. The van der Waals surface area contributed by atoms with E-state index >= 15 is 0 Å². The van der Waals surface area contributed by atoms with E-state index in [4.69, 9.17) is 0 Å². The first-order chi connectivity index (χ1) is 44.7. The maximum Gasteiger partial charge on any atom is 0.159 e. The van der Waals surface area contributed by atoms with Gasteiger partial charge in [0.2, 0.25) is 0 Å². The number of hydrogen-bond acceptors (Lipinski definition) is 19. The van der Waals surface area contributed by atoms with Gasteiger partial charge in [0.25, 0.3) is 0 Å². The minimum absolute atomic E-state index is 0.810. The molecular weight excluding hydrogens is 1120 g/mol. The van der Waals surface area contributed by atoms with Gasteiger partial charge in [-0.2, -0.15) is 10.2 Å². The Morgan fingerprint density at radius 1 is 0.156 bits per heavy atom. The number of aromatic nitrogens is 19. The van der Waals surface area contributed by atoms with Crippen molar-refractivity contribution in [2.45, 2.75) is 0 Å². The molecule has 19 nitrogen and oxygen atoms in total. The SMILES string of the molecule is c1cc2ccncc2cn1.c1cc2cnccc2cn1.c1ccc2cnncc2c1.c1ccc2nccnc2c1.c1cnc2cccnc2c1.c1cnc2ccncc2c1.c1cnc2cnccc2c1.c1cnc2cncnc2c1.c1cnc2ncccc2c1. The van der Waals surface area contributed by atoms with Gasteiger partial charge in [0.1, 0.15) is 11.8 Å². The first-order valence-electron chi connectivity index (χ1n) is 27.9. The molecular formula is C71H53N19. The summed E-state index contributed by atoms with van der Waals surface area (Å²) in [5.41, 5.74) is 8.28. The number of benzene rings is 2. The molecule has 0 aliphatic heterocycles. The van der Waals surface area contributed by atoms with E-state index in [0.717, 1.165) is 92.9 Å². The average molecular weight is 1170 g/mol. The van der Waals surface area contributed by atoms with Crippen LogP contribution in [0.3, 0.4) is 0 Å². The Morgan fingerprint density at radius 2 is 0.489 bits per heavy atom. The van der Waals surface area contributed by atoms with E-state index in [9.17, 15) is 0 Å². The summed E-state index contributed by atoms with van der Waals surface area (Å²) in [6, 6.07) is 54.6. The van der Waals surface area contributed by atoms with Crippen molar-refractivity contribution in [3.05, 3.63) is 325 Å². The van der Waals surface area contributed by atoms with Crippen molar-refractivity contribution < 1.29 is 0 Å². The van der Waals surface area contributed by atoms with Crippen molar-refractivity contribution in [1.29, 1.82) is 0 Å². The van der Waals surface area contributed by atoms with E-state index in [0.29, 0.717) is 0 Å². The lowest BCUT2D eigenvalue weighted by atomic mass is 10.2. The van der Waals surface area contributed by atoms with Gasteiger partial charge in [-0.1, -0.05) is 42.5 Å². The molecule has 0 radical (unpaired) electrons. The highest BCUT2D eigenvalue weighted by atomic mass is 15.1. The molecule has 2 aromatic carbocycles. The zero-order valence-electron chi connectivity index (χ0n) is 48.1. The van der Waals surface area contributed by atoms with Crippen LogP contribution in [0.4, 0.5) is 0 Å². The Balaban J connectivity index is 0.000000111. The lowest BCUT2D eigenvalue weighted by Crippen LogP contribution is -1.81. The predicted octanol–water partition coefficient (Wildman–Crippen LogP) is 14.1. The third-order valence-corrected chi connectivity index (χ3v) is 12.5. The van der Waals surface area contributed by atoms with Crippen LogP contribution in [0.2, 0.25) is 0 Å². The minimum atomic E-state index is 0.810. The van der Waals surface area contributed by atoms with Crippen LogP contribution in [0.25, 0.3) is 98.3 Å². The summed E-state index contributed by atoms with van der Waals surface area (Å²) in [4.78, 5) is 68.6. The van der Waals surface area contributed by atoms with Crippen LogP contribution < -0.4 is 0 Å². The van der Waals surface area contributed by atoms with Crippen molar-refractivity contribution in [2.24, 2.45) is 0 Å². The fourth-order valence-corrected chi connectivity index (χ4v) is 8.15. The number of hydrogen-bond donors (Lipinski definition) is 0. The van der Waals surface area contributed by atoms with Gasteiger partial charge in [0.05, 0.1) is 63.4 Å². The number of rotatable bonds is 0. The zero-order valence-corrected chi connectivity index (χ0v) is 48.1. The topological polar surface area (TPSA) is 245 Å².